The van der Waals surface area contributed by atoms with Gasteiger partial charge in [0.05, 0.1) is 20.8 Å². The van der Waals surface area contributed by atoms with Gasteiger partial charge in [-0.1, -0.05) is 40.7 Å². The van der Waals surface area contributed by atoms with Crippen molar-refractivity contribution in [3.8, 4) is 11.5 Å². The molecule has 0 bridgehead atoms. The monoisotopic (exact) mass is 412 g/mol. The molecule has 0 aliphatic carbocycles. The number of methoxy groups -OCH3 is 2. The number of aryl methyl sites for hydroxylation is 2. The molecule has 3 rings (SSSR count). The molecule has 0 radical (unpaired) electrons. The average Bonchev–Trinajstić information content (AvgIpc) is 2.95. The molecule has 1 aromatic heterocycles. The Labute approximate surface area is 173 Å². The summed E-state index contributed by atoms with van der Waals surface area (Å²) in [5.74, 6) is 0.768. The highest BCUT2D eigenvalue weighted by Crippen LogP contribution is 2.30. The summed E-state index contributed by atoms with van der Waals surface area (Å²) in [5, 5.41) is 2.83. The normalized spacial score (nSPS) is 10.7. The lowest BCUT2D eigenvalue weighted by Gasteiger charge is -2.11. The Bertz CT molecular complexity index is 1090. The number of carbonyl (C=O) groups is 1. The van der Waals surface area contributed by atoms with Gasteiger partial charge >= 0.3 is 4.87 Å². The smallest absolute Gasteiger partial charge is 0.308 e. The highest BCUT2D eigenvalue weighted by atomic mass is 32.1. The lowest BCUT2D eigenvalue weighted by Crippen LogP contribution is -2.16. The number of anilines is 1. The van der Waals surface area contributed by atoms with E-state index >= 15 is 0 Å². The van der Waals surface area contributed by atoms with Gasteiger partial charge in [0.1, 0.15) is 4.88 Å². The minimum absolute atomic E-state index is 0.154. The first-order chi connectivity index (χ1) is 13.8. The SMILES string of the molecule is COc1ccc(NC(=O)c2sc(=O)n(Cc3cc(C)cc(C)c3)c2C)cc1OC. The van der Waals surface area contributed by atoms with Crippen LogP contribution in [0.2, 0.25) is 0 Å². The molecule has 1 amide bonds. The van der Waals surface area contributed by atoms with Crippen molar-refractivity contribution in [3.05, 3.63) is 73.3 Å². The van der Waals surface area contributed by atoms with Crippen LogP contribution in [0.5, 0.6) is 11.5 Å². The second kappa shape index (κ2) is 8.53. The summed E-state index contributed by atoms with van der Waals surface area (Å²) in [4.78, 5) is 25.6. The number of aromatic nitrogens is 1. The largest absolute Gasteiger partial charge is 0.493 e. The average molecular weight is 413 g/mol. The Hall–Kier alpha value is -3.06. The quantitative estimate of drug-likeness (QED) is 0.660. The molecule has 2 aromatic carbocycles. The highest BCUT2D eigenvalue weighted by Gasteiger charge is 2.19. The fourth-order valence-electron chi connectivity index (χ4n) is 3.31. The van der Waals surface area contributed by atoms with Crippen molar-refractivity contribution < 1.29 is 14.3 Å². The first kappa shape index (κ1) is 20.7. The zero-order valence-corrected chi connectivity index (χ0v) is 18.0. The minimum Gasteiger partial charge on any atom is -0.493 e. The van der Waals surface area contributed by atoms with Crippen molar-refractivity contribution in [3.63, 3.8) is 0 Å². The van der Waals surface area contributed by atoms with Crippen LogP contribution >= 0.6 is 11.3 Å². The Morgan fingerprint density at radius 2 is 1.66 bits per heavy atom. The molecule has 0 aliphatic heterocycles. The summed E-state index contributed by atoms with van der Waals surface area (Å²) >= 11 is 0.953. The van der Waals surface area contributed by atoms with Crippen molar-refractivity contribution >= 4 is 22.9 Å². The van der Waals surface area contributed by atoms with E-state index in [0.29, 0.717) is 34.3 Å². The van der Waals surface area contributed by atoms with Gasteiger partial charge in [0.15, 0.2) is 11.5 Å². The third-order valence-corrected chi connectivity index (χ3v) is 5.69. The van der Waals surface area contributed by atoms with E-state index < -0.39 is 0 Å². The predicted octanol–water partition coefficient (Wildman–Crippen LogP) is 4.15. The summed E-state index contributed by atoms with van der Waals surface area (Å²) in [5.41, 5.74) is 4.54. The fraction of sp³-hybridized carbons (Fsp3) is 0.273. The number of amides is 1. The van der Waals surface area contributed by atoms with Crippen LogP contribution in [0.15, 0.2) is 41.2 Å². The molecule has 0 fully saturated rings. The van der Waals surface area contributed by atoms with Gasteiger partial charge in [0, 0.05) is 17.4 Å². The van der Waals surface area contributed by atoms with E-state index in [4.69, 9.17) is 9.47 Å². The molecule has 152 valence electrons. The third kappa shape index (κ3) is 4.51. The Morgan fingerprint density at radius 3 is 2.28 bits per heavy atom. The van der Waals surface area contributed by atoms with E-state index in [0.717, 1.165) is 28.0 Å². The van der Waals surface area contributed by atoms with Gasteiger partial charge in [-0.3, -0.25) is 14.2 Å². The maximum Gasteiger partial charge on any atom is 0.308 e. The topological polar surface area (TPSA) is 69.6 Å². The van der Waals surface area contributed by atoms with Gasteiger partial charge in [0.25, 0.3) is 5.91 Å². The number of carbonyl (C=O) groups excluding carboxylic acids is 1. The molecule has 7 heteroatoms. The van der Waals surface area contributed by atoms with Gasteiger partial charge in [0.2, 0.25) is 0 Å². The molecule has 0 aliphatic rings. The first-order valence-electron chi connectivity index (χ1n) is 9.13. The molecule has 29 heavy (non-hydrogen) atoms. The fourth-order valence-corrected chi connectivity index (χ4v) is 4.20. The van der Waals surface area contributed by atoms with Crippen molar-refractivity contribution in [1.82, 2.24) is 4.57 Å². The van der Waals surface area contributed by atoms with Gasteiger partial charge in [-0.05, 0) is 38.5 Å². The minimum atomic E-state index is -0.323. The van der Waals surface area contributed by atoms with Crippen LogP contribution in [0, 0.1) is 20.8 Å². The van der Waals surface area contributed by atoms with E-state index in [9.17, 15) is 9.59 Å². The third-order valence-electron chi connectivity index (χ3n) is 4.61. The lowest BCUT2D eigenvalue weighted by molar-refractivity contribution is 0.102. The highest BCUT2D eigenvalue weighted by molar-refractivity contribution is 7.11. The molecule has 3 aromatic rings. The van der Waals surface area contributed by atoms with Crippen LogP contribution in [0.3, 0.4) is 0 Å². The maximum atomic E-state index is 12.8. The summed E-state index contributed by atoms with van der Waals surface area (Å²) in [6.07, 6.45) is 0. The Kier molecular flexibility index (Phi) is 6.08. The van der Waals surface area contributed by atoms with E-state index in [1.54, 1.807) is 36.8 Å². The molecule has 0 saturated carbocycles. The summed E-state index contributed by atoms with van der Waals surface area (Å²) < 4.78 is 12.1. The van der Waals surface area contributed by atoms with Gasteiger partial charge in [-0.2, -0.15) is 0 Å². The van der Waals surface area contributed by atoms with Crippen LogP contribution in [0.4, 0.5) is 5.69 Å². The number of nitrogens with zero attached hydrogens (tertiary/aromatic N) is 1. The molecular formula is C22H24N2O4S. The van der Waals surface area contributed by atoms with Gasteiger partial charge < -0.3 is 14.8 Å². The molecule has 0 saturated heterocycles. The molecule has 1 N–H and O–H groups in total. The first-order valence-corrected chi connectivity index (χ1v) is 9.94. The van der Waals surface area contributed by atoms with Crippen LogP contribution in [-0.2, 0) is 6.54 Å². The van der Waals surface area contributed by atoms with E-state index in [1.807, 2.05) is 13.8 Å². The van der Waals surface area contributed by atoms with E-state index in [2.05, 4.69) is 23.5 Å². The number of ether oxygens (including phenoxy) is 2. The van der Waals surface area contributed by atoms with Crippen molar-refractivity contribution in [2.45, 2.75) is 27.3 Å². The van der Waals surface area contributed by atoms with Crippen molar-refractivity contribution in [2.24, 2.45) is 0 Å². The van der Waals surface area contributed by atoms with Crippen LogP contribution in [-0.4, -0.2) is 24.7 Å². The maximum absolute atomic E-state index is 12.8. The van der Waals surface area contributed by atoms with Crippen molar-refractivity contribution in [1.29, 1.82) is 0 Å². The Balaban J connectivity index is 1.85. The Morgan fingerprint density at radius 1 is 1.00 bits per heavy atom. The zero-order chi connectivity index (χ0) is 21.1. The molecular weight excluding hydrogens is 388 g/mol. The summed E-state index contributed by atoms with van der Waals surface area (Å²) in [6, 6.07) is 11.3. The lowest BCUT2D eigenvalue weighted by atomic mass is 10.1. The number of hydrogen-bond donors (Lipinski definition) is 1. The predicted molar refractivity (Wildman–Crippen MR) is 116 cm³/mol. The van der Waals surface area contributed by atoms with Crippen molar-refractivity contribution in [2.75, 3.05) is 19.5 Å². The molecule has 1 heterocycles. The number of rotatable bonds is 6. The number of thiazole rings is 1. The molecule has 6 nitrogen and oxygen atoms in total. The number of benzene rings is 2. The zero-order valence-electron chi connectivity index (χ0n) is 17.2. The molecule has 0 spiro atoms. The standard InChI is InChI=1S/C22H24N2O4S/c1-13-8-14(2)10-16(9-13)12-24-15(3)20(29-22(24)26)21(25)23-17-6-7-18(27-4)19(11-17)28-5/h6-11H,12H2,1-5H3,(H,23,25). The van der Waals surface area contributed by atoms with E-state index in [-0.39, 0.29) is 10.8 Å². The van der Waals surface area contributed by atoms with Crippen LogP contribution in [0.1, 0.15) is 32.1 Å². The van der Waals surface area contributed by atoms with E-state index in [1.165, 1.54) is 7.11 Å². The number of hydrogen-bond acceptors (Lipinski definition) is 5. The second-order valence-electron chi connectivity index (χ2n) is 6.89. The van der Waals surface area contributed by atoms with Gasteiger partial charge in [-0.25, -0.2) is 0 Å². The van der Waals surface area contributed by atoms with Crippen LogP contribution in [0.25, 0.3) is 0 Å². The second-order valence-corrected chi connectivity index (χ2v) is 7.85. The van der Waals surface area contributed by atoms with Gasteiger partial charge in [-0.15, -0.1) is 0 Å². The summed E-state index contributed by atoms with van der Waals surface area (Å²) in [7, 11) is 3.09. The summed E-state index contributed by atoms with van der Waals surface area (Å²) in [6.45, 7) is 6.29. The molecule has 0 atom stereocenters. The van der Waals surface area contributed by atoms with Crippen LogP contribution < -0.4 is 19.7 Å². The molecule has 0 unspecified atom stereocenters. The number of nitrogens with one attached hydrogen (secondary N) is 1.